The van der Waals surface area contributed by atoms with Crippen molar-refractivity contribution in [1.82, 2.24) is 0 Å². The molecule has 1 rings (SSSR count). The molecule has 0 bridgehead atoms. The van der Waals surface area contributed by atoms with Crippen molar-refractivity contribution in [3.63, 3.8) is 0 Å². The van der Waals surface area contributed by atoms with E-state index in [1.165, 1.54) is 6.07 Å². The van der Waals surface area contributed by atoms with Gasteiger partial charge in [-0.25, -0.2) is 0 Å². The van der Waals surface area contributed by atoms with Crippen molar-refractivity contribution in [2.24, 2.45) is 0 Å². The highest BCUT2D eigenvalue weighted by Crippen LogP contribution is 2.34. The Labute approximate surface area is 74.8 Å². The SMILES string of the molecule is Oc1cc(O)c(Br)cc1Br. The van der Waals surface area contributed by atoms with Crippen LogP contribution in [0.2, 0.25) is 0 Å². The van der Waals surface area contributed by atoms with Crippen LogP contribution >= 0.6 is 31.9 Å². The Morgan fingerprint density at radius 1 is 0.900 bits per heavy atom. The van der Waals surface area contributed by atoms with Gasteiger partial charge in [-0.05, 0) is 37.9 Å². The fourth-order valence-electron chi connectivity index (χ4n) is 0.527. The molecular weight excluding hydrogens is 264 g/mol. The number of halogens is 2. The van der Waals surface area contributed by atoms with Crippen LogP contribution in [0.1, 0.15) is 0 Å². The molecule has 4 heteroatoms. The highest BCUT2D eigenvalue weighted by molar-refractivity contribution is 9.11. The summed E-state index contributed by atoms with van der Waals surface area (Å²) < 4.78 is 1.11. The maximum Gasteiger partial charge on any atom is 0.133 e. The van der Waals surface area contributed by atoms with Crippen molar-refractivity contribution in [1.29, 1.82) is 0 Å². The van der Waals surface area contributed by atoms with Gasteiger partial charge in [-0.1, -0.05) is 0 Å². The third kappa shape index (κ3) is 1.44. The first-order valence-corrected chi connectivity index (χ1v) is 4.07. The van der Waals surface area contributed by atoms with Crippen LogP contribution in [0.5, 0.6) is 11.5 Å². The molecule has 0 spiro atoms. The standard InChI is InChI=1S/C6H4Br2O2/c7-3-1-4(8)6(10)2-5(3)9/h1-2,9-10H. The smallest absolute Gasteiger partial charge is 0.133 e. The minimum Gasteiger partial charge on any atom is -0.507 e. The van der Waals surface area contributed by atoms with Gasteiger partial charge in [0.25, 0.3) is 0 Å². The third-order valence-corrected chi connectivity index (χ3v) is 2.29. The molecule has 0 aliphatic rings. The van der Waals surface area contributed by atoms with E-state index >= 15 is 0 Å². The predicted octanol–water partition coefficient (Wildman–Crippen LogP) is 2.62. The molecule has 0 radical (unpaired) electrons. The molecule has 0 saturated heterocycles. The second-order valence-corrected chi connectivity index (χ2v) is 3.46. The monoisotopic (exact) mass is 266 g/mol. The minimum atomic E-state index is 0.0284. The molecule has 0 amide bonds. The van der Waals surface area contributed by atoms with Crippen LogP contribution in [-0.2, 0) is 0 Å². The fraction of sp³-hybridized carbons (Fsp3) is 0. The number of hydrogen-bond acceptors (Lipinski definition) is 2. The second kappa shape index (κ2) is 2.80. The molecular formula is C6H4Br2O2. The summed E-state index contributed by atoms with van der Waals surface area (Å²) in [5.41, 5.74) is 0. The molecule has 2 N–H and O–H groups in total. The number of benzene rings is 1. The second-order valence-electron chi connectivity index (χ2n) is 1.76. The van der Waals surface area contributed by atoms with Crippen molar-refractivity contribution in [3.8, 4) is 11.5 Å². The van der Waals surface area contributed by atoms with Crippen LogP contribution in [0.3, 0.4) is 0 Å². The highest BCUT2D eigenvalue weighted by atomic mass is 79.9. The van der Waals surface area contributed by atoms with Crippen LogP contribution in [0.25, 0.3) is 0 Å². The summed E-state index contributed by atoms with van der Waals surface area (Å²) in [6.45, 7) is 0. The zero-order valence-corrected chi connectivity index (χ0v) is 7.98. The largest absolute Gasteiger partial charge is 0.507 e. The van der Waals surface area contributed by atoms with E-state index in [0.717, 1.165) is 0 Å². The van der Waals surface area contributed by atoms with E-state index in [9.17, 15) is 0 Å². The zero-order chi connectivity index (χ0) is 7.72. The molecule has 10 heavy (non-hydrogen) atoms. The summed E-state index contributed by atoms with van der Waals surface area (Å²) in [5, 5.41) is 18.0. The Morgan fingerprint density at radius 3 is 1.60 bits per heavy atom. The topological polar surface area (TPSA) is 40.5 Å². The van der Waals surface area contributed by atoms with E-state index in [-0.39, 0.29) is 11.5 Å². The summed E-state index contributed by atoms with van der Waals surface area (Å²) in [7, 11) is 0. The van der Waals surface area contributed by atoms with Gasteiger partial charge >= 0.3 is 0 Å². The number of phenolic OH excluding ortho intramolecular Hbond substituents is 2. The lowest BCUT2D eigenvalue weighted by molar-refractivity contribution is 0.446. The quantitative estimate of drug-likeness (QED) is 0.759. The molecule has 1 aromatic carbocycles. The van der Waals surface area contributed by atoms with Gasteiger partial charge in [0.2, 0.25) is 0 Å². The summed E-state index contributed by atoms with van der Waals surface area (Å²) in [5.74, 6) is 0.0569. The minimum absolute atomic E-state index is 0.0284. The molecule has 0 heterocycles. The number of hydrogen-bond donors (Lipinski definition) is 2. The highest BCUT2D eigenvalue weighted by Gasteiger charge is 2.02. The summed E-state index contributed by atoms with van der Waals surface area (Å²) in [4.78, 5) is 0. The van der Waals surface area contributed by atoms with Gasteiger partial charge in [0, 0.05) is 6.07 Å². The average Bonchev–Trinajstić information content (AvgIpc) is 1.84. The number of rotatable bonds is 0. The first kappa shape index (κ1) is 7.88. The molecule has 2 nitrogen and oxygen atoms in total. The van der Waals surface area contributed by atoms with Crippen LogP contribution in [-0.4, -0.2) is 10.2 Å². The van der Waals surface area contributed by atoms with E-state index in [1.54, 1.807) is 6.07 Å². The van der Waals surface area contributed by atoms with Crippen LogP contribution in [0, 0.1) is 0 Å². The van der Waals surface area contributed by atoms with E-state index in [1.807, 2.05) is 0 Å². The van der Waals surface area contributed by atoms with Gasteiger partial charge in [-0.2, -0.15) is 0 Å². The van der Waals surface area contributed by atoms with Crippen molar-refractivity contribution in [2.45, 2.75) is 0 Å². The Bertz CT molecular complexity index is 210. The molecule has 0 aliphatic carbocycles. The number of phenols is 2. The van der Waals surface area contributed by atoms with Crippen molar-refractivity contribution in [2.75, 3.05) is 0 Å². The predicted molar refractivity (Wildman–Crippen MR) is 45.2 cm³/mol. The number of aromatic hydroxyl groups is 2. The molecule has 0 aromatic heterocycles. The zero-order valence-electron chi connectivity index (χ0n) is 4.81. The lowest BCUT2D eigenvalue weighted by atomic mass is 10.3. The van der Waals surface area contributed by atoms with E-state index in [2.05, 4.69) is 31.9 Å². The molecule has 0 unspecified atom stereocenters. The van der Waals surface area contributed by atoms with E-state index in [0.29, 0.717) is 8.95 Å². The molecule has 1 aromatic rings. The summed E-state index contributed by atoms with van der Waals surface area (Å²) in [6.07, 6.45) is 0. The van der Waals surface area contributed by atoms with Crippen LogP contribution < -0.4 is 0 Å². The van der Waals surface area contributed by atoms with Gasteiger partial charge in [0.05, 0.1) is 8.95 Å². The molecule has 0 aliphatic heterocycles. The molecule has 54 valence electrons. The van der Waals surface area contributed by atoms with Gasteiger partial charge < -0.3 is 10.2 Å². The summed E-state index contributed by atoms with van der Waals surface area (Å²) >= 11 is 6.18. The molecule has 0 fully saturated rings. The maximum absolute atomic E-state index is 9.00. The average molecular weight is 268 g/mol. The summed E-state index contributed by atoms with van der Waals surface area (Å²) in [6, 6.07) is 2.83. The van der Waals surface area contributed by atoms with Crippen molar-refractivity contribution >= 4 is 31.9 Å². The van der Waals surface area contributed by atoms with E-state index < -0.39 is 0 Å². The van der Waals surface area contributed by atoms with Gasteiger partial charge in [0.15, 0.2) is 0 Å². The van der Waals surface area contributed by atoms with Gasteiger partial charge in [-0.3, -0.25) is 0 Å². The van der Waals surface area contributed by atoms with Gasteiger partial charge in [-0.15, -0.1) is 0 Å². The first-order chi connectivity index (χ1) is 4.61. The lowest BCUT2D eigenvalue weighted by Crippen LogP contribution is -1.71. The van der Waals surface area contributed by atoms with Gasteiger partial charge in [0.1, 0.15) is 11.5 Å². The molecule has 0 saturated carbocycles. The van der Waals surface area contributed by atoms with Crippen LogP contribution in [0.15, 0.2) is 21.1 Å². The fourth-order valence-corrected chi connectivity index (χ4v) is 1.52. The van der Waals surface area contributed by atoms with Crippen LogP contribution in [0.4, 0.5) is 0 Å². The van der Waals surface area contributed by atoms with E-state index in [4.69, 9.17) is 10.2 Å². The Morgan fingerprint density at radius 2 is 1.30 bits per heavy atom. The first-order valence-electron chi connectivity index (χ1n) is 2.48. The molecule has 0 atom stereocenters. The Kier molecular flexibility index (Phi) is 2.21. The Hall–Kier alpha value is -0.220. The van der Waals surface area contributed by atoms with Crippen molar-refractivity contribution < 1.29 is 10.2 Å². The Balaban J connectivity index is 3.28. The third-order valence-electron chi connectivity index (χ3n) is 1.02. The lowest BCUT2D eigenvalue weighted by Gasteiger charge is -1.99. The maximum atomic E-state index is 9.00. The normalized spacial score (nSPS) is 9.80. The van der Waals surface area contributed by atoms with Crippen molar-refractivity contribution in [3.05, 3.63) is 21.1 Å².